The van der Waals surface area contributed by atoms with Crippen LogP contribution >= 0.6 is 11.6 Å². The Labute approximate surface area is 195 Å². The number of aliphatic hydroxyl groups excluding tert-OH is 1. The molecule has 0 fully saturated rings. The topological polar surface area (TPSA) is 101 Å². The van der Waals surface area contributed by atoms with Gasteiger partial charge in [0, 0.05) is 10.6 Å². The molecular weight excluding hydrogens is 474 g/mol. The second-order valence-electron chi connectivity index (χ2n) is 7.54. The number of primary amides is 1. The van der Waals surface area contributed by atoms with Crippen LogP contribution in [-0.4, -0.2) is 26.0 Å². The van der Waals surface area contributed by atoms with Crippen LogP contribution in [0.3, 0.4) is 0 Å². The number of carbonyl (C=O) groups is 1. The molecule has 3 aromatic carbocycles. The van der Waals surface area contributed by atoms with E-state index >= 15 is 0 Å². The summed E-state index contributed by atoms with van der Waals surface area (Å²) in [6, 6.07) is 11.4. The molecule has 1 atom stereocenters. The first-order valence-electron chi connectivity index (χ1n) is 9.72. The van der Waals surface area contributed by atoms with Gasteiger partial charge in [0.25, 0.3) is 10.0 Å². The van der Waals surface area contributed by atoms with E-state index in [9.17, 15) is 27.1 Å². The van der Waals surface area contributed by atoms with Gasteiger partial charge in [-0.3, -0.25) is 9.10 Å². The van der Waals surface area contributed by atoms with E-state index in [1.54, 1.807) is 19.9 Å². The highest BCUT2D eigenvalue weighted by Crippen LogP contribution is 2.37. The normalized spacial score (nSPS) is 12.4. The molecule has 0 saturated heterocycles. The van der Waals surface area contributed by atoms with Gasteiger partial charge >= 0.3 is 0 Å². The van der Waals surface area contributed by atoms with Crippen LogP contribution in [0.4, 0.5) is 14.5 Å². The van der Waals surface area contributed by atoms with Gasteiger partial charge in [-0.15, -0.1) is 0 Å². The lowest BCUT2D eigenvalue weighted by atomic mass is 9.98. The molecule has 0 radical (unpaired) electrons. The lowest BCUT2D eigenvalue weighted by Crippen LogP contribution is -2.39. The van der Waals surface area contributed by atoms with Crippen LogP contribution in [0.25, 0.3) is 0 Å². The highest BCUT2D eigenvalue weighted by Gasteiger charge is 2.32. The van der Waals surface area contributed by atoms with Crippen LogP contribution in [0.15, 0.2) is 59.5 Å². The predicted molar refractivity (Wildman–Crippen MR) is 122 cm³/mol. The van der Waals surface area contributed by atoms with Gasteiger partial charge in [0.15, 0.2) is 0 Å². The average Bonchev–Trinajstić information content (AvgIpc) is 2.71. The van der Waals surface area contributed by atoms with Crippen molar-refractivity contribution < 1.29 is 27.1 Å². The van der Waals surface area contributed by atoms with Crippen LogP contribution in [0.2, 0.25) is 5.02 Å². The summed E-state index contributed by atoms with van der Waals surface area (Å²) >= 11 is 6.05. The van der Waals surface area contributed by atoms with E-state index in [2.05, 4.69) is 0 Å². The molecule has 0 aromatic heterocycles. The molecule has 10 heteroatoms. The van der Waals surface area contributed by atoms with E-state index in [0.717, 1.165) is 18.2 Å². The van der Waals surface area contributed by atoms with Crippen molar-refractivity contribution in [3.05, 3.63) is 93.5 Å². The van der Waals surface area contributed by atoms with Gasteiger partial charge < -0.3 is 10.8 Å². The minimum atomic E-state index is -4.37. The molecule has 3 aromatic rings. The van der Waals surface area contributed by atoms with Crippen molar-refractivity contribution in [3.8, 4) is 0 Å². The summed E-state index contributed by atoms with van der Waals surface area (Å²) in [6.07, 6.45) is -1.93. The first-order chi connectivity index (χ1) is 15.4. The molecule has 1 amide bonds. The monoisotopic (exact) mass is 494 g/mol. The van der Waals surface area contributed by atoms with E-state index in [-0.39, 0.29) is 21.2 Å². The molecule has 0 aliphatic carbocycles. The summed E-state index contributed by atoms with van der Waals surface area (Å²) in [5.41, 5.74) is 5.54. The van der Waals surface area contributed by atoms with E-state index in [4.69, 9.17) is 17.3 Å². The third-order valence-corrected chi connectivity index (χ3v) is 6.88. The van der Waals surface area contributed by atoms with Gasteiger partial charge in [-0.05, 0) is 67.4 Å². The fraction of sp³-hybridized carbons (Fsp3) is 0.174. The third-order valence-electron chi connectivity index (χ3n) is 4.91. The van der Waals surface area contributed by atoms with Crippen LogP contribution in [-0.2, 0) is 14.8 Å². The first-order valence-corrected chi connectivity index (χ1v) is 11.5. The number of hydrogen-bond acceptors (Lipinski definition) is 4. The molecule has 3 N–H and O–H groups in total. The summed E-state index contributed by atoms with van der Waals surface area (Å²) in [5.74, 6) is -3.05. The van der Waals surface area contributed by atoms with Crippen molar-refractivity contribution >= 4 is 33.2 Å². The molecule has 0 saturated carbocycles. The molecule has 33 heavy (non-hydrogen) atoms. The average molecular weight is 495 g/mol. The molecule has 6 nitrogen and oxygen atoms in total. The number of benzene rings is 3. The van der Waals surface area contributed by atoms with Gasteiger partial charge in [-0.1, -0.05) is 23.7 Å². The van der Waals surface area contributed by atoms with Crippen molar-refractivity contribution in [2.45, 2.75) is 24.8 Å². The lowest BCUT2D eigenvalue weighted by molar-refractivity contribution is -0.116. The maximum atomic E-state index is 14.4. The minimum absolute atomic E-state index is 0.0763. The van der Waals surface area contributed by atoms with Gasteiger partial charge in [0.1, 0.15) is 24.3 Å². The molecule has 0 spiro atoms. The number of amides is 1. The number of aryl methyl sites for hydroxylation is 2. The summed E-state index contributed by atoms with van der Waals surface area (Å²) in [5, 5.41) is 11.0. The number of rotatable bonds is 7. The second-order valence-corrected chi connectivity index (χ2v) is 9.84. The Morgan fingerprint density at radius 3 is 2.18 bits per heavy atom. The molecule has 174 valence electrons. The van der Waals surface area contributed by atoms with Crippen molar-refractivity contribution in [2.75, 3.05) is 10.8 Å². The standard InChI is InChI=1S/C23H21ClF2N2O4S/c1-13-8-14(2)10-16(9-13)33(31,32)28(12-21(27)29)20-7-6-15(24)11-17(20)23(30)22-18(25)4-3-5-19(22)26/h3-11,23,30H,12H2,1-2H3,(H2,27,29). The van der Waals surface area contributed by atoms with E-state index < -0.39 is 45.8 Å². The summed E-state index contributed by atoms with van der Waals surface area (Å²) in [4.78, 5) is 11.7. The van der Waals surface area contributed by atoms with Crippen LogP contribution in [0.1, 0.15) is 28.4 Å². The van der Waals surface area contributed by atoms with E-state index in [1.165, 1.54) is 30.3 Å². The summed E-state index contributed by atoms with van der Waals surface area (Å²) in [7, 11) is -4.37. The third kappa shape index (κ3) is 5.16. The van der Waals surface area contributed by atoms with Crippen LogP contribution in [0.5, 0.6) is 0 Å². The Bertz CT molecular complexity index is 1290. The lowest BCUT2D eigenvalue weighted by Gasteiger charge is -2.28. The van der Waals surface area contributed by atoms with Crippen molar-refractivity contribution in [2.24, 2.45) is 5.73 Å². The fourth-order valence-corrected chi connectivity index (χ4v) is 5.38. The zero-order valence-corrected chi connectivity index (χ0v) is 19.3. The molecular formula is C23H21ClF2N2O4S. The van der Waals surface area contributed by atoms with Gasteiger partial charge in [0.2, 0.25) is 5.91 Å². The Morgan fingerprint density at radius 2 is 1.64 bits per heavy atom. The number of anilines is 1. The Balaban J connectivity index is 2.26. The Hall–Kier alpha value is -3.01. The van der Waals surface area contributed by atoms with E-state index in [1.807, 2.05) is 0 Å². The number of aliphatic hydroxyl groups is 1. The number of hydrogen-bond donors (Lipinski definition) is 2. The molecule has 0 bridgehead atoms. The maximum Gasteiger partial charge on any atom is 0.264 e. The van der Waals surface area contributed by atoms with Gasteiger partial charge in [-0.2, -0.15) is 0 Å². The Morgan fingerprint density at radius 1 is 1.06 bits per heavy atom. The number of carbonyl (C=O) groups excluding carboxylic acids is 1. The van der Waals surface area contributed by atoms with E-state index in [0.29, 0.717) is 15.4 Å². The highest BCUT2D eigenvalue weighted by atomic mass is 35.5. The van der Waals surface area contributed by atoms with Crippen molar-refractivity contribution in [1.82, 2.24) is 0 Å². The first kappa shape index (κ1) is 24.6. The van der Waals surface area contributed by atoms with Gasteiger partial charge in [-0.25, -0.2) is 17.2 Å². The number of halogens is 3. The maximum absolute atomic E-state index is 14.4. The Kier molecular flexibility index (Phi) is 7.06. The zero-order chi connectivity index (χ0) is 24.5. The van der Waals surface area contributed by atoms with Crippen LogP contribution in [0, 0.1) is 25.5 Å². The smallest absolute Gasteiger partial charge is 0.264 e. The zero-order valence-electron chi connectivity index (χ0n) is 17.7. The summed E-state index contributed by atoms with van der Waals surface area (Å²) in [6.45, 7) is 2.64. The van der Waals surface area contributed by atoms with Gasteiger partial charge in [0.05, 0.1) is 16.1 Å². The molecule has 1 unspecified atom stereocenters. The number of sulfonamides is 1. The fourth-order valence-electron chi connectivity index (χ4n) is 3.55. The summed E-state index contributed by atoms with van der Waals surface area (Å²) < 4.78 is 56.6. The largest absolute Gasteiger partial charge is 0.383 e. The molecule has 3 rings (SSSR count). The molecule has 0 heterocycles. The second kappa shape index (κ2) is 9.46. The van der Waals surface area contributed by atoms with Crippen molar-refractivity contribution in [3.63, 3.8) is 0 Å². The SMILES string of the molecule is Cc1cc(C)cc(S(=O)(=O)N(CC(N)=O)c2ccc(Cl)cc2C(O)c2c(F)cccc2F)c1. The molecule has 0 aliphatic heterocycles. The van der Waals surface area contributed by atoms with Crippen molar-refractivity contribution in [1.29, 1.82) is 0 Å². The number of nitrogens with zero attached hydrogens (tertiary/aromatic N) is 1. The predicted octanol–water partition coefficient (Wildman–Crippen LogP) is 4.00. The quantitative estimate of drug-likeness (QED) is 0.518. The van der Waals surface area contributed by atoms with Crippen LogP contribution < -0.4 is 10.0 Å². The number of nitrogens with two attached hydrogens (primary N) is 1. The highest BCUT2D eigenvalue weighted by molar-refractivity contribution is 7.92. The molecule has 0 aliphatic rings. The minimum Gasteiger partial charge on any atom is -0.383 e.